The van der Waals surface area contributed by atoms with Gasteiger partial charge in [0.15, 0.2) is 17.1 Å². The van der Waals surface area contributed by atoms with E-state index in [2.05, 4.69) is 5.32 Å². The highest BCUT2D eigenvalue weighted by Crippen LogP contribution is 2.44. The van der Waals surface area contributed by atoms with Crippen LogP contribution >= 0.6 is 0 Å². The maximum absolute atomic E-state index is 13.4. The summed E-state index contributed by atoms with van der Waals surface area (Å²) in [5, 5.41) is 14.3. The molecule has 164 valence electrons. The summed E-state index contributed by atoms with van der Waals surface area (Å²) >= 11 is 0. The Kier molecular flexibility index (Phi) is 5.59. The van der Waals surface area contributed by atoms with E-state index in [9.17, 15) is 14.7 Å². The summed E-state index contributed by atoms with van der Waals surface area (Å²) in [6.07, 6.45) is 0. The fourth-order valence-electron chi connectivity index (χ4n) is 4.00. The summed E-state index contributed by atoms with van der Waals surface area (Å²) in [4.78, 5) is 27.6. The third-order valence-electron chi connectivity index (χ3n) is 5.54. The van der Waals surface area contributed by atoms with Gasteiger partial charge in [0.25, 0.3) is 5.91 Å². The number of carbonyl (C=O) groups excluding carboxylic acids is 2. The second-order valence-electron chi connectivity index (χ2n) is 7.61. The van der Waals surface area contributed by atoms with E-state index in [1.165, 1.54) is 19.1 Å². The van der Waals surface area contributed by atoms with E-state index >= 15 is 0 Å². The lowest BCUT2D eigenvalue weighted by atomic mass is 9.87. The average Bonchev–Trinajstić information content (AvgIpc) is 3.02. The smallest absolute Gasteiger partial charge is 0.268 e. The molecule has 0 fully saturated rings. The minimum atomic E-state index is -1.85. The van der Waals surface area contributed by atoms with E-state index in [0.717, 1.165) is 5.56 Å². The molecule has 0 unspecified atom stereocenters. The minimum absolute atomic E-state index is 0.252. The minimum Gasteiger partial charge on any atom is -0.493 e. The number of nitrogens with zero attached hydrogens (tertiary/aromatic N) is 1. The van der Waals surface area contributed by atoms with Crippen LogP contribution in [-0.2, 0) is 15.2 Å². The number of carbonyl (C=O) groups is 2. The van der Waals surface area contributed by atoms with E-state index in [0.29, 0.717) is 34.0 Å². The van der Waals surface area contributed by atoms with Crippen molar-refractivity contribution in [3.8, 4) is 11.5 Å². The van der Waals surface area contributed by atoms with Crippen LogP contribution in [0, 0.1) is 6.92 Å². The number of rotatable bonds is 6. The predicted octanol–water partition coefficient (Wildman–Crippen LogP) is 3.23. The molecule has 0 saturated heterocycles. The first-order valence-electron chi connectivity index (χ1n) is 10.1. The highest BCUT2D eigenvalue weighted by Gasteiger charge is 2.51. The summed E-state index contributed by atoms with van der Waals surface area (Å²) < 4.78 is 10.5. The molecule has 7 heteroatoms. The molecule has 4 rings (SSSR count). The van der Waals surface area contributed by atoms with Gasteiger partial charge in [0.2, 0.25) is 5.91 Å². The molecule has 3 aromatic rings. The van der Waals surface area contributed by atoms with Gasteiger partial charge in [-0.3, -0.25) is 14.5 Å². The lowest BCUT2D eigenvalue weighted by Crippen LogP contribution is -2.44. The second-order valence-corrected chi connectivity index (χ2v) is 7.61. The Labute approximate surface area is 186 Å². The molecule has 0 bridgehead atoms. The molecule has 0 aliphatic carbocycles. The van der Waals surface area contributed by atoms with Gasteiger partial charge in [-0.05, 0) is 30.7 Å². The fraction of sp³-hybridized carbons (Fsp3) is 0.200. The van der Waals surface area contributed by atoms with Crippen molar-refractivity contribution in [2.24, 2.45) is 0 Å². The monoisotopic (exact) mass is 432 g/mol. The van der Waals surface area contributed by atoms with Crippen molar-refractivity contribution in [1.82, 2.24) is 0 Å². The Morgan fingerprint density at radius 3 is 2.47 bits per heavy atom. The van der Waals surface area contributed by atoms with E-state index in [4.69, 9.17) is 9.47 Å². The van der Waals surface area contributed by atoms with Crippen molar-refractivity contribution in [1.29, 1.82) is 0 Å². The molecule has 7 nitrogen and oxygen atoms in total. The summed E-state index contributed by atoms with van der Waals surface area (Å²) in [7, 11) is 3.04. The van der Waals surface area contributed by atoms with Gasteiger partial charge in [0.05, 0.1) is 19.9 Å². The van der Waals surface area contributed by atoms with Crippen molar-refractivity contribution in [2.75, 3.05) is 31.0 Å². The van der Waals surface area contributed by atoms with Gasteiger partial charge in [-0.2, -0.15) is 0 Å². The van der Waals surface area contributed by atoms with Crippen LogP contribution in [-0.4, -0.2) is 37.7 Å². The average molecular weight is 432 g/mol. The second kappa shape index (κ2) is 8.36. The lowest BCUT2D eigenvalue weighted by Gasteiger charge is -2.24. The summed E-state index contributed by atoms with van der Waals surface area (Å²) in [6, 6.07) is 19.2. The summed E-state index contributed by atoms with van der Waals surface area (Å²) in [5.41, 5.74) is 0.996. The summed E-state index contributed by atoms with van der Waals surface area (Å²) in [5.74, 6) is 0.0414. The van der Waals surface area contributed by atoms with Crippen LogP contribution in [0.15, 0.2) is 66.7 Å². The molecule has 0 spiro atoms. The maximum Gasteiger partial charge on any atom is 0.268 e. The number of aliphatic hydroxyl groups is 1. The zero-order valence-corrected chi connectivity index (χ0v) is 18.1. The SMILES string of the molecule is COc1ccc(NC(=O)CN2C(=O)[C@](O)(c3cccc(C)c3)c3ccccc32)cc1OC. The number of aryl methyl sites for hydroxylation is 1. The first-order chi connectivity index (χ1) is 15.4. The molecule has 1 aliphatic heterocycles. The number of benzene rings is 3. The quantitative estimate of drug-likeness (QED) is 0.624. The number of methoxy groups -OCH3 is 2. The Bertz CT molecular complexity index is 1190. The van der Waals surface area contributed by atoms with E-state index in [1.54, 1.807) is 60.7 Å². The standard InChI is InChI=1S/C25H24N2O5/c1-16-7-6-8-17(13-16)25(30)19-9-4-5-10-20(19)27(24(25)29)15-23(28)26-18-11-12-21(31-2)22(14-18)32-3/h4-14,30H,15H2,1-3H3,(H,26,28)/t25-/m0/s1. The fourth-order valence-corrected chi connectivity index (χ4v) is 4.00. The Hall–Kier alpha value is -3.84. The summed E-state index contributed by atoms with van der Waals surface area (Å²) in [6.45, 7) is 1.64. The van der Waals surface area contributed by atoms with Gasteiger partial charge in [-0.15, -0.1) is 0 Å². The number of hydrogen-bond acceptors (Lipinski definition) is 5. The highest BCUT2D eigenvalue weighted by atomic mass is 16.5. The number of ether oxygens (including phenoxy) is 2. The molecule has 1 atom stereocenters. The van der Waals surface area contributed by atoms with Gasteiger partial charge >= 0.3 is 0 Å². The van der Waals surface area contributed by atoms with Gasteiger partial charge in [-0.25, -0.2) is 0 Å². The van der Waals surface area contributed by atoms with Crippen LogP contribution in [0.25, 0.3) is 0 Å². The van der Waals surface area contributed by atoms with E-state index in [1.807, 2.05) is 13.0 Å². The predicted molar refractivity (Wildman–Crippen MR) is 121 cm³/mol. The zero-order valence-electron chi connectivity index (χ0n) is 18.1. The third kappa shape index (κ3) is 3.56. The number of nitrogens with one attached hydrogen (secondary N) is 1. The van der Waals surface area contributed by atoms with Crippen LogP contribution in [0.1, 0.15) is 16.7 Å². The van der Waals surface area contributed by atoms with Gasteiger partial charge in [0.1, 0.15) is 6.54 Å². The number of amides is 2. The Morgan fingerprint density at radius 2 is 1.75 bits per heavy atom. The topological polar surface area (TPSA) is 88.1 Å². The van der Waals surface area contributed by atoms with E-state index < -0.39 is 17.4 Å². The Morgan fingerprint density at radius 1 is 1.00 bits per heavy atom. The van der Waals surface area contributed by atoms with Crippen molar-refractivity contribution in [2.45, 2.75) is 12.5 Å². The Balaban J connectivity index is 1.62. The van der Waals surface area contributed by atoms with Crippen LogP contribution in [0.5, 0.6) is 11.5 Å². The molecule has 32 heavy (non-hydrogen) atoms. The molecular formula is C25H24N2O5. The number of hydrogen-bond donors (Lipinski definition) is 2. The molecular weight excluding hydrogens is 408 g/mol. The first kappa shape index (κ1) is 21.4. The molecule has 0 saturated carbocycles. The molecule has 3 aromatic carbocycles. The van der Waals surface area contributed by atoms with Crippen molar-refractivity contribution < 1.29 is 24.2 Å². The molecule has 1 heterocycles. The van der Waals surface area contributed by atoms with Gasteiger partial charge < -0.3 is 19.9 Å². The molecule has 1 aliphatic rings. The molecule has 0 radical (unpaired) electrons. The number of anilines is 2. The van der Waals surface area contributed by atoms with Crippen molar-refractivity contribution in [3.63, 3.8) is 0 Å². The van der Waals surface area contributed by atoms with Crippen molar-refractivity contribution >= 4 is 23.2 Å². The van der Waals surface area contributed by atoms with Crippen LogP contribution in [0.4, 0.5) is 11.4 Å². The molecule has 2 N–H and O–H groups in total. The number of para-hydroxylation sites is 1. The first-order valence-corrected chi connectivity index (χ1v) is 10.1. The van der Waals surface area contributed by atoms with Crippen LogP contribution in [0.2, 0.25) is 0 Å². The third-order valence-corrected chi connectivity index (χ3v) is 5.54. The lowest BCUT2D eigenvalue weighted by molar-refractivity contribution is -0.133. The largest absolute Gasteiger partial charge is 0.493 e. The molecule has 2 amide bonds. The number of fused-ring (bicyclic) bond motifs is 1. The van der Waals surface area contributed by atoms with Crippen molar-refractivity contribution in [3.05, 3.63) is 83.4 Å². The zero-order chi connectivity index (χ0) is 22.9. The van der Waals surface area contributed by atoms with E-state index in [-0.39, 0.29) is 6.54 Å². The normalized spacial score (nSPS) is 17.1. The van der Waals surface area contributed by atoms with Gasteiger partial charge in [0, 0.05) is 17.3 Å². The highest BCUT2D eigenvalue weighted by molar-refractivity contribution is 6.12. The maximum atomic E-state index is 13.4. The van der Waals surface area contributed by atoms with Crippen LogP contribution in [0.3, 0.4) is 0 Å². The van der Waals surface area contributed by atoms with Crippen LogP contribution < -0.4 is 19.7 Å². The molecule has 0 aromatic heterocycles. The van der Waals surface area contributed by atoms with Gasteiger partial charge in [-0.1, -0.05) is 48.0 Å².